The summed E-state index contributed by atoms with van der Waals surface area (Å²) in [7, 11) is 0. The van der Waals surface area contributed by atoms with Crippen molar-refractivity contribution in [2.24, 2.45) is 17.8 Å². The minimum atomic E-state index is -0.599. The van der Waals surface area contributed by atoms with Crippen molar-refractivity contribution >= 4 is 27.9 Å². The van der Waals surface area contributed by atoms with Crippen LogP contribution in [0.2, 0.25) is 0 Å². The van der Waals surface area contributed by atoms with E-state index in [9.17, 15) is 0 Å². The van der Waals surface area contributed by atoms with E-state index in [1.807, 2.05) is 19.9 Å². The number of aromatic amines is 1. The van der Waals surface area contributed by atoms with Gasteiger partial charge in [-0.05, 0) is 88.0 Å². The first-order valence-corrected chi connectivity index (χ1v) is 16.5. The molecular weight excluding hydrogens is 550 g/mol. The van der Waals surface area contributed by atoms with E-state index < -0.39 is 5.79 Å². The molecule has 2 aliphatic carbocycles. The maximum absolute atomic E-state index is 6.58. The van der Waals surface area contributed by atoms with E-state index in [1.54, 1.807) is 6.33 Å². The van der Waals surface area contributed by atoms with Gasteiger partial charge in [-0.1, -0.05) is 26.8 Å². The van der Waals surface area contributed by atoms with Crippen LogP contribution in [0.3, 0.4) is 0 Å². The summed E-state index contributed by atoms with van der Waals surface area (Å²) in [5.74, 6) is 2.83. The van der Waals surface area contributed by atoms with Gasteiger partial charge in [-0.3, -0.25) is 0 Å². The van der Waals surface area contributed by atoms with E-state index in [-0.39, 0.29) is 23.7 Å². The van der Waals surface area contributed by atoms with Gasteiger partial charge in [-0.25, -0.2) is 15.0 Å². The van der Waals surface area contributed by atoms with Crippen LogP contribution in [-0.2, 0) is 21.3 Å². The molecule has 4 atom stereocenters. The van der Waals surface area contributed by atoms with Crippen LogP contribution in [-0.4, -0.2) is 66.5 Å². The Morgan fingerprint density at radius 2 is 1.82 bits per heavy atom. The molecule has 7 rings (SSSR count). The predicted octanol–water partition coefficient (Wildman–Crippen LogP) is 6.25. The largest absolute Gasteiger partial charge is 0.383 e. The zero-order valence-corrected chi connectivity index (χ0v) is 27.4. The highest BCUT2D eigenvalue weighted by Crippen LogP contribution is 2.48. The molecule has 0 radical (unpaired) electrons. The van der Waals surface area contributed by atoms with E-state index in [0.29, 0.717) is 23.7 Å². The molecule has 0 bridgehead atoms. The second-order valence-corrected chi connectivity index (χ2v) is 15.5. The summed E-state index contributed by atoms with van der Waals surface area (Å²) in [6, 6.07) is 9.29. The van der Waals surface area contributed by atoms with Crippen molar-refractivity contribution in [3.05, 3.63) is 48.2 Å². The molecule has 3 aromatic heterocycles. The van der Waals surface area contributed by atoms with Crippen molar-refractivity contribution < 1.29 is 9.47 Å². The molecule has 0 amide bonds. The molecule has 9 heteroatoms. The van der Waals surface area contributed by atoms with Crippen LogP contribution in [0.5, 0.6) is 0 Å². The Kier molecular flexibility index (Phi) is 7.29. The number of aromatic nitrogens is 5. The quantitative estimate of drug-likeness (QED) is 0.247. The molecule has 1 aromatic carbocycles. The molecule has 3 N–H and O–H groups in total. The Labute approximate surface area is 260 Å². The maximum atomic E-state index is 6.58. The third-order valence-corrected chi connectivity index (χ3v) is 10.4. The number of benzene rings is 1. The van der Waals surface area contributed by atoms with Crippen molar-refractivity contribution in [2.45, 2.75) is 110 Å². The van der Waals surface area contributed by atoms with Crippen LogP contribution >= 0.6 is 0 Å². The van der Waals surface area contributed by atoms with Crippen molar-refractivity contribution in [1.82, 2.24) is 29.4 Å². The van der Waals surface area contributed by atoms with Gasteiger partial charge >= 0.3 is 0 Å². The molecule has 1 aliphatic heterocycles. The fourth-order valence-electron chi connectivity index (χ4n) is 7.98. The Bertz CT molecular complexity index is 1640. The van der Waals surface area contributed by atoms with Gasteiger partial charge in [0.15, 0.2) is 5.79 Å². The zero-order chi connectivity index (χ0) is 31.0. The predicted molar refractivity (Wildman–Crippen MR) is 174 cm³/mol. The minimum absolute atomic E-state index is 0.0211. The number of nitrogens with one attached hydrogen (secondary N) is 1. The van der Waals surface area contributed by atoms with Gasteiger partial charge in [0.2, 0.25) is 0 Å². The summed E-state index contributed by atoms with van der Waals surface area (Å²) in [6.07, 6.45) is 8.21. The van der Waals surface area contributed by atoms with Crippen LogP contribution in [0.15, 0.2) is 36.8 Å². The summed E-state index contributed by atoms with van der Waals surface area (Å²) < 4.78 is 15.4. The lowest BCUT2D eigenvalue weighted by atomic mass is 9.72. The van der Waals surface area contributed by atoms with Crippen LogP contribution in [0, 0.1) is 17.8 Å². The van der Waals surface area contributed by atoms with E-state index in [4.69, 9.17) is 20.2 Å². The molecular formula is C35H49N7O2. The van der Waals surface area contributed by atoms with Crippen LogP contribution in [0.25, 0.3) is 22.1 Å². The number of hydrogen-bond donors (Lipinski definition) is 2. The lowest BCUT2D eigenvalue weighted by Crippen LogP contribution is -2.44. The minimum Gasteiger partial charge on any atom is -0.383 e. The fraction of sp³-hybridized carbons (Fsp3) is 0.629. The van der Waals surface area contributed by atoms with Crippen molar-refractivity contribution in [3.63, 3.8) is 0 Å². The number of imidazole rings is 1. The molecule has 3 aliphatic rings. The lowest BCUT2D eigenvalue weighted by Gasteiger charge is -2.41. The highest BCUT2D eigenvalue weighted by atomic mass is 16.8. The SMILES string of the molecule is CC(C)N(CC1CC(Cc2nc3ccc(C(C)(C)C)cc3[nH]2)C1)CC1C[C@@H](n2ccc3c(N)ncnc32)[C@@H]2OC(C)(C)O[C@H]12. The van der Waals surface area contributed by atoms with Gasteiger partial charge in [-0.15, -0.1) is 0 Å². The molecule has 4 aromatic rings. The number of hydrogen-bond acceptors (Lipinski definition) is 7. The maximum Gasteiger partial charge on any atom is 0.163 e. The topological polar surface area (TPSA) is 107 Å². The fourth-order valence-corrected chi connectivity index (χ4v) is 7.98. The van der Waals surface area contributed by atoms with Crippen LogP contribution < -0.4 is 5.73 Å². The smallest absolute Gasteiger partial charge is 0.163 e. The van der Waals surface area contributed by atoms with Crippen molar-refractivity contribution in [1.29, 1.82) is 0 Å². The number of fused-ring (bicyclic) bond motifs is 3. The number of nitrogens with two attached hydrogens (primary N) is 1. The molecule has 44 heavy (non-hydrogen) atoms. The van der Waals surface area contributed by atoms with Crippen LogP contribution in [0.4, 0.5) is 5.82 Å². The molecule has 1 saturated heterocycles. The summed E-state index contributed by atoms with van der Waals surface area (Å²) in [4.78, 5) is 20.0. The second kappa shape index (κ2) is 10.8. The van der Waals surface area contributed by atoms with Crippen molar-refractivity contribution in [2.75, 3.05) is 18.8 Å². The number of ether oxygens (including phenoxy) is 2. The summed E-state index contributed by atoms with van der Waals surface area (Å²) in [6.45, 7) is 17.6. The highest BCUT2D eigenvalue weighted by molar-refractivity contribution is 5.86. The number of H-pyrrole nitrogens is 1. The standard InChI is InChI=1S/C35H49N7O2/c1-20(2)41(17-22-12-21(13-22)14-29-39-26-9-8-24(34(3,4)5)16-27(26)40-29)18-23-15-28(31-30(23)43-35(6,7)44-31)42-11-10-25-32(36)37-19-38-33(25)42/h8-11,16,19-23,28,30-31H,12-15,17-18H2,1-7H3,(H,39,40)(H2,36,37,38)/t21?,22?,23?,28-,30-,31+/m1/s1. The summed E-state index contributed by atoms with van der Waals surface area (Å²) in [5, 5.41) is 0.895. The Balaban J connectivity index is 1.00. The Hall–Kier alpha value is -3.01. The third-order valence-electron chi connectivity index (χ3n) is 10.4. The highest BCUT2D eigenvalue weighted by Gasteiger charge is 2.55. The average molecular weight is 600 g/mol. The molecule has 2 saturated carbocycles. The first-order valence-electron chi connectivity index (χ1n) is 16.5. The molecule has 1 unspecified atom stereocenters. The van der Waals surface area contributed by atoms with Gasteiger partial charge in [-0.2, -0.15) is 0 Å². The van der Waals surface area contributed by atoms with Gasteiger partial charge in [0.05, 0.1) is 28.6 Å². The first kappa shape index (κ1) is 29.7. The third kappa shape index (κ3) is 5.52. The van der Waals surface area contributed by atoms with Crippen LogP contribution in [0.1, 0.15) is 85.2 Å². The average Bonchev–Trinajstić information content (AvgIpc) is 3.67. The van der Waals surface area contributed by atoms with Gasteiger partial charge in [0, 0.05) is 37.7 Å². The molecule has 236 valence electrons. The zero-order valence-electron chi connectivity index (χ0n) is 27.4. The number of anilines is 1. The molecule has 3 fully saturated rings. The van der Waals surface area contributed by atoms with Crippen molar-refractivity contribution in [3.8, 4) is 0 Å². The van der Waals surface area contributed by atoms with Gasteiger partial charge in [0.25, 0.3) is 0 Å². The van der Waals surface area contributed by atoms with Gasteiger partial charge in [0.1, 0.15) is 29.7 Å². The summed E-state index contributed by atoms with van der Waals surface area (Å²) >= 11 is 0. The van der Waals surface area contributed by atoms with E-state index in [1.165, 1.54) is 18.4 Å². The number of rotatable bonds is 8. The Morgan fingerprint density at radius 3 is 2.57 bits per heavy atom. The second-order valence-electron chi connectivity index (χ2n) is 15.5. The van der Waals surface area contributed by atoms with E-state index >= 15 is 0 Å². The first-order chi connectivity index (χ1) is 20.8. The molecule has 4 heterocycles. The summed E-state index contributed by atoms with van der Waals surface area (Å²) in [5.41, 5.74) is 10.8. The monoisotopic (exact) mass is 599 g/mol. The van der Waals surface area contributed by atoms with E-state index in [0.717, 1.165) is 59.7 Å². The van der Waals surface area contributed by atoms with Gasteiger partial charge < -0.3 is 29.7 Å². The molecule has 0 spiro atoms. The normalized spacial score (nSPS) is 28.4. The number of nitrogen functional groups attached to an aromatic ring is 1. The van der Waals surface area contributed by atoms with E-state index in [2.05, 4.69) is 83.4 Å². The Morgan fingerprint density at radius 1 is 1.05 bits per heavy atom. The lowest BCUT2D eigenvalue weighted by molar-refractivity contribution is -0.161. The molecule has 9 nitrogen and oxygen atoms in total. The number of nitrogens with zero attached hydrogens (tertiary/aromatic N) is 5.